The van der Waals surface area contributed by atoms with E-state index in [4.69, 9.17) is 5.11 Å². The van der Waals surface area contributed by atoms with E-state index >= 15 is 0 Å². The first-order valence-corrected chi connectivity index (χ1v) is 5.44. The fraction of sp³-hybridized carbons (Fsp3) is 0. The van der Waals surface area contributed by atoms with Gasteiger partial charge in [0.2, 0.25) is 0 Å². The minimum absolute atomic E-state index is 0.0218. The molecule has 2 rings (SSSR count). The second-order valence-electron chi connectivity index (χ2n) is 3.79. The third-order valence-electron chi connectivity index (χ3n) is 2.44. The molecule has 0 fully saturated rings. The van der Waals surface area contributed by atoms with Crippen molar-refractivity contribution in [3.05, 3.63) is 59.4 Å². The van der Waals surface area contributed by atoms with Gasteiger partial charge >= 0.3 is 5.97 Å². The zero-order chi connectivity index (χ0) is 14.7. The van der Waals surface area contributed by atoms with Gasteiger partial charge in [-0.15, -0.1) is 0 Å². The summed E-state index contributed by atoms with van der Waals surface area (Å²) >= 11 is 0. The lowest BCUT2D eigenvalue weighted by molar-refractivity contribution is 0.0697. The third-order valence-corrected chi connectivity index (χ3v) is 2.44. The van der Waals surface area contributed by atoms with Gasteiger partial charge in [-0.1, -0.05) is 6.07 Å². The molecule has 0 bridgehead atoms. The number of nitrogens with zero attached hydrogens (tertiary/aromatic N) is 1. The zero-order valence-electron chi connectivity index (χ0n) is 9.93. The molecule has 7 heteroatoms. The van der Waals surface area contributed by atoms with Gasteiger partial charge in [-0.2, -0.15) is 0 Å². The highest BCUT2D eigenvalue weighted by Crippen LogP contribution is 2.20. The molecule has 1 aromatic heterocycles. The van der Waals surface area contributed by atoms with E-state index in [1.807, 2.05) is 0 Å². The number of aromatic carboxylic acids is 1. The Hall–Kier alpha value is -2.83. The minimum Gasteiger partial charge on any atom is -0.478 e. The van der Waals surface area contributed by atoms with Crippen molar-refractivity contribution in [1.29, 1.82) is 0 Å². The summed E-state index contributed by atoms with van der Waals surface area (Å²) in [5.41, 5.74) is -0.867. The first-order chi connectivity index (χ1) is 9.49. The van der Waals surface area contributed by atoms with Crippen LogP contribution in [-0.2, 0) is 0 Å². The Morgan fingerprint density at radius 1 is 1.15 bits per heavy atom. The van der Waals surface area contributed by atoms with Crippen LogP contribution in [0.2, 0.25) is 0 Å². The van der Waals surface area contributed by atoms with Crippen LogP contribution >= 0.6 is 0 Å². The fourth-order valence-electron chi connectivity index (χ4n) is 1.51. The molecule has 1 heterocycles. The van der Waals surface area contributed by atoms with E-state index in [-0.39, 0.29) is 11.4 Å². The largest absolute Gasteiger partial charge is 0.478 e. The van der Waals surface area contributed by atoms with Crippen molar-refractivity contribution >= 4 is 17.6 Å². The zero-order valence-corrected chi connectivity index (χ0v) is 9.93. The third kappa shape index (κ3) is 2.77. The molecule has 0 unspecified atom stereocenters. The summed E-state index contributed by atoms with van der Waals surface area (Å²) in [6.07, 6.45) is 1.37. The number of aromatic nitrogens is 1. The molecule has 1 amide bonds. The minimum atomic E-state index is -1.49. The van der Waals surface area contributed by atoms with Crippen molar-refractivity contribution in [3.8, 4) is 0 Å². The summed E-state index contributed by atoms with van der Waals surface area (Å²) in [4.78, 5) is 26.5. The second-order valence-corrected chi connectivity index (χ2v) is 3.79. The molecule has 102 valence electrons. The van der Waals surface area contributed by atoms with Gasteiger partial charge < -0.3 is 10.4 Å². The van der Waals surface area contributed by atoms with Crippen molar-refractivity contribution in [2.45, 2.75) is 0 Å². The second kappa shape index (κ2) is 5.43. The summed E-state index contributed by atoms with van der Waals surface area (Å²) < 4.78 is 26.2. The highest BCUT2D eigenvalue weighted by molar-refractivity contribution is 6.06. The van der Waals surface area contributed by atoms with E-state index in [0.717, 1.165) is 0 Å². The number of carboxylic acid groups (broad SMARTS) is 1. The monoisotopic (exact) mass is 278 g/mol. The molecule has 0 aliphatic rings. The molecule has 0 spiro atoms. The Balaban J connectivity index is 2.36. The van der Waals surface area contributed by atoms with Gasteiger partial charge in [0.1, 0.15) is 5.69 Å². The molecule has 5 nitrogen and oxygen atoms in total. The Bertz CT molecular complexity index is 675. The van der Waals surface area contributed by atoms with Crippen molar-refractivity contribution < 1.29 is 23.5 Å². The molecule has 0 aliphatic carbocycles. The average Bonchev–Trinajstić information content (AvgIpc) is 2.43. The number of carboxylic acids is 1. The van der Waals surface area contributed by atoms with Crippen molar-refractivity contribution in [2.24, 2.45) is 0 Å². The number of pyridine rings is 1. The van der Waals surface area contributed by atoms with Gasteiger partial charge in [-0.3, -0.25) is 9.78 Å². The highest BCUT2D eigenvalue weighted by atomic mass is 19.2. The smallest absolute Gasteiger partial charge is 0.337 e. The van der Waals surface area contributed by atoms with Gasteiger partial charge in [-0.05, 0) is 18.2 Å². The lowest BCUT2D eigenvalue weighted by Crippen LogP contribution is -2.16. The van der Waals surface area contributed by atoms with Crippen molar-refractivity contribution in [3.63, 3.8) is 0 Å². The summed E-state index contributed by atoms with van der Waals surface area (Å²) in [6.45, 7) is 0. The number of carbonyl (C=O) groups is 2. The highest BCUT2D eigenvalue weighted by Gasteiger charge is 2.18. The predicted molar refractivity (Wildman–Crippen MR) is 65.5 cm³/mol. The Morgan fingerprint density at radius 2 is 1.85 bits per heavy atom. The number of carbonyl (C=O) groups excluding carboxylic acids is 1. The van der Waals surface area contributed by atoms with Gasteiger partial charge in [0.05, 0.1) is 11.3 Å². The molecule has 20 heavy (non-hydrogen) atoms. The quantitative estimate of drug-likeness (QED) is 0.903. The maximum Gasteiger partial charge on any atom is 0.337 e. The van der Waals surface area contributed by atoms with E-state index in [2.05, 4.69) is 10.3 Å². The van der Waals surface area contributed by atoms with Gasteiger partial charge in [-0.25, -0.2) is 13.6 Å². The number of hydrogen-bond donors (Lipinski definition) is 2. The topological polar surface area (TPSA) is 79.3 Å². The standard InChI is InChI=1S/C13H8F2N2O3/c14-8-5-7(13(19)20)11(6-9(8)15)17-12(18)10-3-1-2-4-16-10/h1-6H,(H,17,18)(H,19,20). The summed E-state index contributed by atoms with van der Waals surface area (Å²) in [5, 5.41) is 11.1. The number of hydrogen-bond acceptors (Lipinski definition) is 3. The van der Waals surface area contributed by atoms with Crippen molar-refractivity contribution in [2.75, 3.05) is 5.32 Å². The van der Waals surface area contributed by atoms with Crippen LogP contribution in [0.5, 0.6) is 0 Å². The van der Waals surface area contributed by atoms with Crippen LogP contribution in [0.25, 0.3) is 0 Å². The Labute approximate surface area is 111 Å². The molecular weight excluding hydrogens is 270 g/mol. The number of nitrogens with one attached hydrogen (secondary N) is 1. The molecule has 0 atom stereocenters. The van der Waals surface area contributed by atoms with Crippen LogP contribution in [0.15, 0.2) is 36.5 Å². The van der Waals surface area contributed by atoms with Gasteiger partial charge in [0, 0.05) is 12.3 Å². The van der Waals surface area contributed by atoms with E-state index in [1.165, 1.54) is 12.3 Å². The van der Waals surface area contributed by atoms with Crippen LogP contribution in [0.3, 0.4) is 0 Å². The maximum absolute atomic E-state index is 13.1. The fourth-order valence-corrected chi connectivity index (χ4v) is 1.51. The molecule has 0 saturated carbocycles. The van der Waals surface area contributed by atoms with Crippen LogP contribution in [0, 0.1) is 11.6 Å². The van der Waals surface area contributed by atoms with Crippen LogP contribution in [-0.4, -0.2) is 22.0 Å². The number of halogens is 2. The normalized spacial score (nSPS) is 10.1. The van der Waals surface area contributed by atoms with E-state index in [1.54, 1.807) is 12.1 Å². The number of benzene rings is 1. The Kier molecular flexibility index (Phi) is 3.69. The SMILES string of the molecule is O=C(Nc1cc(F)c(F)cc1C(=O)O)c1ccccn1. The molecular formula is C13H8F2N2O3. The molecule has 0 saturated heterocycles. The lowest BCUT2D eigenvalue weighted by Gasteiger charge is -2.08. The average molecular weight is 278 g/mol. The summed E-state index contributed by atoms with van der Waals surface area (Å²) in [7, 11) is 0. The first-order valence-electron chi connectivity index (χ1n) is 5.44. The molecule has 1 aromatic carbocycles. The molecule has 2 aromatic rings. The molecule has 2 N–H and O–H groups in total. The van der Waals surface area contributed by atoms with E-state index in [0.29, 0.717) is 12.1 Å². The number of anilines is 1. The number of rotatable bonds is 3. The van der Waals surface area contributed by atoms with Gasteiger partial charge in [0.15, 0.2) is 11.6 Å². The molecule has 0 aliphatic heterocycles. The maximum atomic E-state index is 13.1. The van der Waals surface area contributed by atoms with Crippen LogP contribution in [0.4, 0.5) is 14.5 Å². The van der Waals surface area contributed by atoms with E-state index < -0.39 is 29.1 Å². The van der Waals surface area contributed by atoms with E-state index in [9.17, 15) is 18.4 Å². The first kappa shape index (κ1) is 13.6. The number of amides is 1. The van der Waals surface area contributed by atoms with Crippen LogP contribution < -0.4 is 5.32 Å². The van der Waals surface area contributed by atoms with Crippen LogP contribution in [0.1, 0.15) is 20.8 Å². The predicted octanol–water partition coefficient (Wildman–Crippen LogP) is 2.31. The lowest BCUT2D eigenvalue weighted by atomic mass is 10.1. The summed E-state index contributed by atoms with van der Waals surface area (Å²) in [5.74, 6) is -4.77. The van der Waals surface area contributed by atoms with Crippen molar-refractivity contribution in [1.82, 2.24) is 4.98 Å². The Morgan fingerprint density at radius 3 is 2.45 bits per heavy atom. The van der Waals surface area contributed by atoms with Gasteiger partial charge in [0.25, 0.3) is 5.91 Å². The molecule has 0 radical (unpaired) electrons. The summed E-state index contributed by atoms with van der Waals surface area (Å²) in [6, 6.07) is 5.67.